The van der Waals surface area contributed by atoms with Crippen molar-refractivity contribution < 1.29 is 8.78 Å². The Morgan fingerprint density at radius 2 is 1.79 bits per heavy atom. The first kappa shape index (κ1) is 12.3. The number of rotatable bonds is 2. The van der Waals surface area contributed by atoms with Crippen LogP contribution in [-0.2, 0) is 0 Å². The van der Waals surface area contributed by atoms with E-state index in [-0.39, 0.29) is 5.69 Å². The van der Waals surface area contributed by atoms with Gasteiger partial charge in [-0.15, -0.1) is 0 Å². The van der Waals surface area contributed by atoms with Gasteiger partial charge in [-0.3, -0.25) is 0 Å². The van der Waals surface area contributed by atoms with E-state index < -0.39 is 6.43 Å². The number of alkyl halides is 2. The number of hydrogen-bond acceptors (Lipinski definition) is 2. The molecular formula is C15H16F2N2. The average molecular weight is 262 g/mol. The molecule has 1 aliphatic rings. The second kappa shape index (κ2) is 5.11. The fourth-order valence-corrected chi connectivity index (χ4v) is 2.69. The van der Waals surface area contributed by atoms with Crippen LogP contribution in [0.3, 0.4) is 0 Å². The lowest BCUT2D eigenvalue weighted by Crippen LogP contribution is -2.29. The van der Waals surface area contributed by atoms with Crippen LogP contribution >= 0.6 is 0 Å². The molecule has 2 heterocycles. The van der Waals surface area contributed by atoms with Crippen LogP contribution in [0.1, 0.15) is 31.4 Å². The summed E-state index contributed by atoms with van der Waals surface area (Å²) in [4.78, 5) is 6.38. The van der Waals surface area contributed by atoms with Gasteiger partial charge in [-0.2, -0.15) is 0 Å². The summed E-state index contributed by atoms with van der Waals surface area (Å²) in [6.07, 6.45) is 1.15. The lowest BCUT2D eigenvalue weighted by Gasteiger charge is -2.29. The predicted octanol–water partition coefficient (Wildman–Crippen LogP) is 4.16. The molecule has 4 heteroatoms. The lowest BCUT2D eigenvalue weighted by atomic mass is 10.1. The Kier molecular flexibility index (Phi) is 3.32. The maximum Gasteiger partial charge on any atom is 0.280 e. The molecule has 0 unspecified atom stereocenters. The fourth-order valence-electron chi connectivity index (χ4n) is 2.69. The maximum absolute atomic E-state index is 12.7. The number of aromatic nitrogens is 1. The minimum atomic E-state index is -2.51. The van der Waals surface area contributed by atoms with Crippen LogP contribution < -0.4 is 4.90 Å². The van der Waals surface area contributed by atoms with Gasteiger partial charge in [-0.25, -0.2) is 13.8 Å². The molecule has 1 saturated heterocycles. The molecule has 1 aliphatic heterocycles. The predicted molar refractivity (Wildman–Crippen MR) is 72.8 cm³/mol. The van der Waals surface area contributed by atoms with E-state index in [1.54, 1.807) is 12.1 Å². The first-order valence-electron chi connectivity index (χ1n) is 6.68. The van der Waals surface area contributed by atoms with Crippen molar-refractivity contribution in [3.05, 3.63) is 36.0 Å². The van der Waals surface area contributed by atoms with Gasteiger partial charge in [0.15, 0.2) is 0 Å². The van der Waals surface area contributed by atoms with Crippen LogP contribution in [0, 0.1) is 0 Å². The summed E-state index contributed by atoms with van der Waals surface area (Å²) < 4.78 is 25.4. The van der Waals surface area contributed by atoms with Crippen LogP contribution in [0.2, 0.25) is 0 Å². The van der Waals surface area contributed by atoms with E-state index in [1.165, 1.54) is 25.3 Å². The molecule has 0 bridgehead atoms. The molecule has 2 aromatic rings. The van der Waals surface area contributed by atoms with E-state index in [9.17, 15) is 8.78 Å². The number of halogens is 2. The molecule has 100 valence electrons. The minimum Gasteiger partial charge on any atom is -0.371 e. The summed E-state index contributed by atoms with van der Waals surface area (Å²) in [6.45, 7) is 2.07. The SMILES string of the molecule is FC(F)c1ccc2c(N3CCCCC3)cccc2n1. The monoisotopic (exact) mass is 262 g/mol. The minimum absolute atomic E-state index is 0.150. The van der Waals surface area contributed by atoms with Crippen LogP contribution in [-0.4, -0.2) is 18.1 Å². The molecule has 0 radical (unpaired) electrons. The Hall–Kier alpha value is -1.71. The third kappa shape index (κ3) is 2.39. The highest BCUT2D eigenvalue weighted by Gasteiger charge is 2.15. The van der Waals surface area contributed by atoms with Crippen LogP contribution in [0.5, 0.6) is 0 Å². The van der Waals surface area contributed by atoms with Gasteiger partial charge >= 0.3 is 0 Å². The highest BCUT2D eigenvalue weighted by atomic mass is 19.3. The van der Waals surface area contributed by atoms with Crippen molar-refractivity contribution in [3.63, 3.8) is 0 Å². The Bertz CT molecular complexity index is 577. The molecule has 0 N–H and O–H groups in total. The van der Waals surface area contributed by atoms with Gasteiger partial charge in [0.2, 0.25) is 0 Å². The second-order valence-electron chi connectivity index (χ2n) is 4.93. The first-order valence-corrected chi connectivity index (χ1v) is 6.68. The molecule has 3 rings (SSSR count). The van der Waals surface area contributed by atoms with Crippen molar-refractivity contribution in [2.24, 2.45) is 0 Å². The summed E-state index contributed by atoms with van der Waals surface area (Å²) in [5.41, 5.74) is 1.62. The van der Waals surface area contributed by atoms with Crippen molar-refractivity contribution in [1.29, 1.82) is 0 Å². The number of fused-ring (bicyclic) bond motifs is 1. The van der Waals surface area contributed by atoms with Crippen LogP contribution in [0.4, 0.5) is 14.5 Å². The molecule has 0 aliphatic carbocycles. The van der Waals surface area contributed by atoms with E-state index in [0.29, 0.717) is 5.52 Å². The highest BCUT2D eigenvalue weighted by molar-refractivity contribution is 5.92. The smallest absolute Gasteiger partial charge is 0.280 e. The van der Waals surface area contributed by atoms with E-state index in [1.807, 2.05) is 6.07 Å². The molecule has 19 heavy (non-hydrogen) atoms. The van der Waals surface area contributed by atoms with Crippen LogP contribution in [0.15, 0.2) is 30.3 Å². The molecule has 1 aromatic heterocycles. The molecule has 0 saturated carbocycles. The summed E-state index contributed by atoms with van der Waals surface area (Å²) in [5, 5.41) is 0.966. The van der Waals surface area contributed by atoms with Crippen molar-refractivity contribution in [2.75, 3.05) is 18.0 Å². The Labute approximate surface area is 111 Å². The van der Waals surface area contributed by atoms with Crippen LogP contribution in [0.25, 0.3) is 10.9 Å². The topological polar surface area (TPSA) is 16.1 Å². The molecule has 1 fully saturated rings. The zero-order valence-electron chi connectivity index (χ0n) is 10.6. The van der Waals surface area contributed by atoms with Gasteiger partial charge in [0.1, 0.15) is 5.69 Å². The Morgan fingerprint density at radius 1 is 1.00 bits per heavy atom. The summed E-state index contributed by atoms with van der Waals surface area (Å²) in [5.74, 6) is 0. The fraction of sp³-hybridized carbons (Fsp3) is 0.400. The number of pyridine rings is 1. The normalized spacial score (nSPS) is 16.3. The first-order chi connectivity index (χ1) is 9.25. The summed E-state index contributed by atoms with van der Waals surface area (Å²) in [7, 11) is 0. The van der Waals surface area contributed by atoms with Crippen molar-refractivity contribution in [3.8, 4) is 0 Å². The number of hydrogen-bond donors (Lipinski definition) is 0. The van der Waals surface area contributed by atoms with Crippen molar-refractivity contribution in [1.82, 2.24) is 4.98 Å². The Morgan fingerprint density at radius 3 is 2.53 bits per heavy atom. The van der Waals surface area contributed by atoms with Crippen molar-refractivity contribution >= 4 is 16.6 Å². The number of piperidine rings is 1. The van der Waals surface area contributed by atoms with Gasteiger partial charge in [-0.05, 0) is 43.5 Å². The van der Waals surface area contributed by atoms with Crippen molar-refractivity contribution in [2.45, 2.75) is 25.7 Å². The van der Waals surface area contributed by atoms with Gasteiger partial charge in [-0.1, -0.05) is 6.07 Å². The van der Waals surface area contributed by atoms with E-state index >= 15 is 0 Å². The van der Waals surface area contributed by atoms with E-state index in [4.69, 9.17) is 0 Å². The Balaban J connectivity index is 2.05. The molecule has 0 atom stereocenters. The zero-order chi connectivity index (χ0) is 13.2. The third-order valence-electron chi connectivity index (χ3n) is 3.65. The number of benzene rings is 1. The average Bonchev–Trinajstić information content (AvgIpc) is 2.47. The molecular weight excluding hydrogens is 246 g/mol. The number of anilines is 1. The maximum atomic E-state index is 12.7. The van der Waals surface area contributed by atoms with Gasteiger partial charge in [0.25, 0.3) is 6.43 Å². The van der Waals surface area contributed by atoms with Gasteiger partial charge in [0, 0.05) is 24.2 Å². The standard InChI is InChI=1S/C15H16F2N2/c16-15(17)13-8-7-11-12(18-13)5-4-6-14(11)19-9-2-1-3-10-19/h4-8,15H,1-3,9-10H2. The van der Waals surface area contributed by atoms with Gasteiger partial charge < -0.3 is 4.90 Å². The van der Waals surface area contributed by atoms with E-state index in [2.05, 4.69) is 16.0 Å². The van der Waals surface area contributed by atoms with E-state index in [0.717, 1.165) is 24.2 Å². The quantitative estimate of drug-likeness (QED) is 0.807. The summed E-state index contributed by atoms with van der Waals surface area (Å²) >= 11 is 0. The largest absolute Gasteiger partial charge is 0.371 e. The van der Waals surface area contributed by atoms with Gasteiger partial charge in [0.05, 0.1) is 5.52 Å². The summed E-state index contributed by atoms with van der Waals surface area (Å²) in [6, 6.07) is 8.95. The molecule has 0 spiro atoms. The highest BCUT2D eigenvalue weighted by Crippen LogP contribution is 2.29. The second-order valence-corrected chi connectivity index (χ2v) is 4.93. The number of nitrogens with zero attached hydrogens (tertiary/aromatic N) is 2. The third-order valence-corrected chi connectivity index (χ3v) is 3.65. The lowest BCUT2D eigenvalue weighted by molar-refractivity contribution is 0.146. The molecule has 2 nitrogen and oxygen atoms in total. The zero-order valence-corrected chi connectivity index (χ0v) is 10.6. The molecule has 0 amide bonds. The molecule has 1 aromatic carbocycles.